The first-order valence-electron chi connectivity index (χ1n) is 12.8. The third-order valence-electron chi connectivity index (χ3n) is 9.42. The molecule has 2 spiro atoms. The van der Waals surface area contributed by atoms with Crippen LogP contribution in [0, 0.1) is 16.2 Å². The van der Waals surface area contributed by atoms with Crippen LogP contribution in [0.2, 0.25) is 0 Å². The molecule has 2 saturated carbocycles. The number of likely N-dealkylation sites (tertiary alicyclic amines) is 2. The highest BCUT2D eigenvalue weighted by Crippen LogP contribution is 2.62. The second-order valence-corrected chi connectivity index (χ2v) is 14.3. The van der Waals surface area contributed by atoms with Gasteiger partial charge in [-0.1, -0.05) is 34.6 Å². The van der Waals surface area contributed by atoms with Crippen LogP contribution in [0.4, 0.5) is 0 Å². The molecular weight excluding hydrogens is 352 g/mol. The quantitative estimate of drug-likeness (QED) is 0.494. The lowest BCUT2D eigenvalue weighted by molar-refractivity contribution is -0.0000390. The summed E-state index contributed by atoms with van der Waals surface area (Å²) in [7, 11) is 0. The van der Waals surface area contributed by atoms with Crippen LogP contribution < -0.4 is 0 Å². The van der Waals surface area contributed by atoms with Crippen LogP contribution in [0.5, 0.6) is 0 Å². The van der Waals surface area contributed by atoms with Crippen LogP contribution in [0.3, 0.4) is 0 Å². The Balaban J connectivity index is 1.43. The highest BCUT2D eigenvalue weighted by molar-refractivity contribution is 5.16. The van der Waals surface area contributed by atoms with E-state index in [1.54, 1.807) is 0 Å². The Morgan fingerprint density at radius 2 is 1.48 bits per heavy atom. The molecule has 0 N–H and O–H groups in total. The molecule has 2 aliphatic carbocycles. The van der Waals surface area contributed by atoms with E-state index >= 15 is 0 Å². The summed E-state index contributed by atoms with van der Waals surface area (Å²) in [5, 5.41) is 0. The van der Waals surface area contributed by atoms with Gasteiger partial charge in [0.05, 0.1) is 0 Å². The Labute approximate surface area is 182 Å². The summed E-state index contributed by atoms with van der Waals surface area (Å²) in [6.07, 6.45) is 12.9. The maximum absolute atomic E-state index is 2.97. The SMILES string of the molecule is CC(CCC(C)(C)[C@@H]1CCC2(CC2)N1C(C)(C)C)N1CCC2(CC2)[C@H]1C(C)(C)C. The van der Waals surface area contributed by atoms with Crippen LogP contribution in [0.15, 0.2) is 0 Å². The Kier molecular flexibility index (Phi) is 5.12. The molecule has 0 aromatic carbocycles. The fourth-order valence-corrected chi connectivity index (χ4v) is 8.00. The molecule has 4 rings (SSSR count). The minimum Gasteiger partial charge on any atom is -0.297 e. The zero-order valence-corrected chi connectivity index (χ0v) is 21.2. The zero-order valence-electron chi connectivity index (χ0n) is 21.2. The van der Waals surface area contributed by atoms with Gasteiger partial charge in [-0.2, -0.15) is 0 Å². The zero-order chi connectivity index (χ0) is 21.5. The number of hydrogen-bond acceptors (Lipinski definition) is 2. The predicted molar refractivity (Wildman–Crippen MR) is 125 cm³/mol. The van der Waals surface area contributed by atoms with E-state index in [1.807, 2.05) is 0 Å². The number of nitrogens with zero attached hydrogens (tertiary/aromatic N) is 2. The van der Waals surface area contributed by atoms with Crippen LogP contribution in [0.25, 0.3) is 0 Å². The molecule has 4 aliphatic rings. The van der Waals surface area contributed by atoms with Gasteiger partial charge in [0.2, 0.25) is 0 Å². The monoisotopic (exact) mass is 402 g/mol. The van der Waals surface area contributed by atoms with Gasteiger partial charge >= 0.3 is 0 Å². The first-order valence-corrected chi connectivity index (χ1v) is 12.8. The van der Waals surface area contributed by atoms with Crippen molar-refractivity contribution >= 4 is 0 Å². The smallest absolute Gasteiger partial charge is 0.0219 e. The summed E-state index contributed by atoms with van der Waals surface area (Å²) in [6, 6.07) is 2.27. The molecular formula is C27H50N2. The van der Waals surface area contributed by atoms with E-state index in [-0.39, 0.29) is 0 Å². The second kappa shape index (κ2) is 6.71. The van der Waals surface area contributed by atoms with Crippen molar-refractivity contribution in [3.63, 3.8) is 0 Å². The first kappa shape index (κ1) is 22.1. The van der Waals surface area contributed by atoms with Crippen molar-refractivity contribution in [1.82, 2.24) is 9.80 Å². The molecule has 0 aromatic heterocycles. The first-order chi connectivity index (χ1) is 13.2. The molecule has 2 nitrogen and oxygen atoms in total. The highest BCUT2D eigenvalue weighted by Gasteiger charge is 2.61. The largest absolute Gasteiger partial charge is 0.297 e. The second-order valence-electron chi connectivity index (χ2n) is 14.3. The molecule has 0 amide bonds. The van der Waals surface area contributed by atoms with E-state index in [0.29, 0.717) is 27.3 Å². The van der Waals surface area contributed by atoms with Gasteiger partial charge in [0, 0.05) is 29.2 Å². The van der Waals surface area contributed by atoms with Crippen LogP contribution in [-0.4, -0.2) is 45.5 Å². The van der Waals surface area contributed by atoms with E-state index in [2.05, 4.69) is 72.1 Å². The molecule has 0 radical (unpaired) electrons. The third-order valence-corrected chi connectivity index (χ3v) is 9.42. The summed E-state index contributed by atoms with van der Waals surface area (Å²) in [4.78, 5) is 5.90. The minimum absolute atomic E-state index is 0.297. The molecule has 3 atom stereocenters. The third kappa shape index (κ3) is 3.84. The van der Waals surface area contributed by atoms with E-state index < -0.39 is 0 Å². The average Bonchev–Trinajstić information content (AvgIpc) is 3.40. The van der Waals surface area contributed by atoms with E-state index in [4.69, 9.17) is 0 Å². The Bertz CT molecular complexity index is 611. The van der Waals surface area contributed by atoms with Gasteiger partial charge in [-0.05, 0) is 108 Å². The van der Waals surface area contributed by atoms with Crippen molar-refractivity contribution in [1.29, 1.82) is 0 Å². The number of hydrogen-bond donors (Lipinski definition) is 0. The normalized spacial score (nSPS) is 33.0. The summed E-state index contributed by atoms with van der Waals surface area (Å²) in [5.74, 6) is 0. The van der Waals surface area contributed by atoms with Crippen molar-refractivity contribution < 1.29 is 0 Å². The summed E-state index contributed by atoms with van der Waals surface area (Å²) >= 11 is 0. The molecule has 2 heteroatoms. The van der Waals surface area contributed by atoms with Gasteiger partial charge in [-0.3, -0.25) is 9.80 Å². The van der Waals surface area contributed by atoms with Crippen LogP contribution >= 0.6 is 0 Å². The average molecular weight is 403 g/mol. The van der Waals surface area contributed by atoms with E-state index in [1.165, 1.54) is 64.3 Å². The van der Waals surface area contributed by atoms with E-state index in [9.17, 15) is 0 Å². The molecule has 168 valence electrons. The maximum Gasteiger partial charge on any atom is 0.0219 e. The fraction of sp³-hybridized carbons (Fsp3) is 1.00. The van der Waals surface area contributed by atoms with Gasteiger partial charge in [-0.25, -0.2) is 0 Å². The Morgan fingerprint density at radius 1 is 0.862 bits per heavy atom. The Hall–Kier alpha value is -0.0800. The van der Waals surface area contributed by atoms with Gasteiger partial charge < -0.3 is 0 Å². The predicted octanol–water partition coefficient (Wildman–Crippen LogP) is 6.88. The van der Waals surface area contributed by atoms with Crippen LogP contribution in [0.1, 0.15) is 120 Å². The lowest BCUT2D eigenvalue weighted by Gasteiger charge is -2.48. The minimum atomic E-state index is 0.297. The Morgan fingerprint density at radius 3 is 1.97 bits per heavy atom. The highest BCUT2D eigenvalue weighted by atomic mass is 15.3. The molecule has 0 bridgehead atoms. The molecule has 2 heterocycles. The van der Waals surface area contributed by atoms with Gasteiger partial charge in [0.25, 0.3) is 0 Å². The standard InChI is InChI=1S/C27H50N2/c1-20(28-19-18-26(14-15-26)22(28)23(2,3)4)10-12-25(8,9)21-11-13-27(16-17-27)29(21)24(5,6)7/h20-22H,10-19H2,1-9H3/t20?,21-,22+/m0/s1. The van der Waals surface area contributed by atoms with Crippen molar-refractivity contribution in [2.75, 3.05) is 6.54 Å². The van der Waals surface area contributed by atoms with Gasteiger partial charge in [-0.15, -0.1) is 0 Å². The lowest BCUT2D eigenvalue weighted by Crippen LogP contribution is -2.55. The topological polar surface area (TPSA) is 6.48 Å². The lowest BCUT2D eigenvalue weighted by atomic mass is 9.75. The van der Waals surface area contributed by atoms with Crippen molar-refractivity contribution in [3.05, 3.63) is 0 Å². The molecule has 0 aromatic rings. The molecule has 2 aliphatic heterocycles. The van der Waals surface area contributed by atoms with E-state index in [0.717, 1.165) is 18.1 Å². The molecule has 4 fully saturated rings. The maximum atomic E-state index is 2.97. The van der Waals surface area contributed by atoms with Crippen molar-refractivity contribution in [2.24, 2.45) is 16.2 Å². The fourth-order valence-electron chi connectivity index (χ4n) is 8.00. The van der Waals surface area contributed by atoms with Gasteiger partial charge in [0.15, 0.2) is 0 Å². The summed E-state index contributed by atoms with van der Waals surface area (Å²) < 4.78 is 0. The summed E-state index contributed by atoms with van der Waals surface area (Å²) in [5.41, 5.74) is 2.35. The molecule has 29 heavy (non-hydrogen) atoms. The van der Waals surface area contributed by atoms with Crippen molar-refractivity contribution in [3.8, 4) is 0 Å². The summed E-state index contributed by atoms with van der Waals surface area (Å²) in [6.45, 7) is 23.9. The van der Waals surface area contributed by atoms with Crippen LogP contribution in [-0.2, 0) is 0 Å². The molecule has 2 saturated heterocycles. The van der Waals surface area contributed by atoms with Crippen molar-refractivity contribution in [2.45, 2.75) is 149 Å². The number of rotatable bonds is 5. The molecule has 1 unspecified atom stereocenters. The van der Waals surface area contributed by atoms with Gasteiger partial charge in [0.1, 0.15) is 0 Å².